The van der Waals surface area contributed by atoms with Crippen molar-refractivity contribution in [1.29, 1.82) is 0 Å². The van der Waals surface area contributed by atoms with E-state index in [0.717, 1.165) is 25.7 Å². The minimum absolute atomic E-state index is 0.0143. The molecule has 0 aliphatic heterocycles. The van der Waals surface area contributed by atoms with E-state index in [1.165, 1.54) is 48.8 Å². The van der Waals surface area contributed by atoms with Crippen molar-refractivity contribution in [2.45, 2.75) is 126 Å². The highest BCUT2D eigenvalue weighted by Crippen LogP contribution is 2.77. The molecule has 7 rings (SSSR count). The molecule has 9 atom stereocenters. The van der Waals surface area contributed by atoms with Crippen LogP contribution in [0.15, 0.2) is 72.8 Å². The molecule has 280 valence electrons. The molecule has 4 fully saturated rings. The molecule has 2 aromatic rings. The molecule has 0 heterocycles. The lowest BCUT2D eigenvalue weighted by Gasteiger charge is -2.72. The lowest BCUT2D eigenvalue weighted by Crippen LogP contribution is -2.65. The molecule has 2 aromatic carbocycles. The summed E-state index contributed by atoms with van der Waals surface area (Å²) < 4.78 is 11.9. The zero-order valence-corrected chi connectivity index (χ0v) is 33.6. The first-order chi connectivity index (χ1) is 24.4. The Bertz CT molecular complexity index is 1740. The monoisotopic (exact) mass is 704 g/mol. The van der Waals surface area contributed by atoms with Gasteiger partial charge in [0, 0.05) is 5.41 Å². The fourth-order valence-corrected chi connectivity index (χ4v) is 13.6. The molecule has 0 spiro atoms. The molecule has 5 aliphatic carbocycles. The molecule has 0 radical (unpaired) electrons. The van der Waals surface area contributed by atoms with Gasteiger partial charge in [0.1, 0.15) is 5.60 Å². The Kier molecular flexibility index (Phi) is 9.10. The molecular weight excluding hydrogens is 641 g/mol. The number of carbonyl (C=O) groups is 2. The van der Waals surface area contributed by atoms with E-state index < -0.39 is 5.60 Å². The fourth-order valence-electron chi connectivity index (χ4n) is 13.6. The van der Waals surface area contributed by atoms with Crippen molar-refractivity contribution in [2.75, 3.05) is 6.61 Å². The van der Waals surface area contributed by atoms with Gasteiger partial charge in [-0.05, 0) is 172 Å². The van der Waals surface area contributed by atoms with Crippen LogP contribution in [0.5, 0.6) is 0 Å². The summed E-state index contributed by atoms with van der Waals surface area (Å²) in [6.45, 7) is 26.1. The first-order valence-corrected chi connectivity index (χ1v) is 20.3. The topological polar surface area (TPSA) is 52.6 Å². The smallest absolute Gasteiger partial charge is 0.338 e. The number of ether oxygens (including phenoxy) is 2. The lowest BCUT2D eigenvalue weighted by atomic mass is 9.32. The van der Waals surface area contributed by atoms with Crippen LogP contribution in [0.1, 0.15) is 146 Å². The van der Waals surface area contributed by atoms with Gasteiger partial charge in [-0.3, -0.25) is 0 Å². The molecule has 4 heteroatoms. The maximum absolute atomic E-state index is 13.2. The maximum Gasteiger partial charge on any atom is 0.338 e. The molecule has 4 saturated carbocycles. The Balaban J connectivity index is 1.16. The molecule has 0 saturated heterocycles. The van der Waals surface area contributed by atoms with Gasteiger partial charge in [0.25, 0.3) is 0 Å². The standard InChI is InChI=1S/C48H64O4/c1-31(2)35-22-27-48(30-51-41(49)33-14-12-11-13-15-33)29-28-46(9)37(40(35)48)20-21-39-45(8)25-23-36(44(6,7)38(45)24-26-47(39,46)10)32-16-18-34(19-17-32)42(50)52-43(3,4)5/h11-19,23,35,37-40H,1,20-22,24-30H2,2-10H3/t35-,37+,38-,39+,40+,45-,46+,47+,48+/m0/s1. The summed E-state index contributed by atoms with van der Waals surface area (Å²) in [5, 5.41) is 0. The Labute approximate surface area is 314 Å². The average Bonchev–Trinajstić information content (AvgIpc) is 3.47. The Hall–Kier alpha value is -3.14. The van der Waals surface area contributed by atoms with E-state index in [1.807, 2.05) is 63.2 Å². The van der Waals surface area contributed by atoms with Gasteiger partial charge >= 0.3 is 11.9 Å². The van der Waals surface area contributed by atoms with Crippen molar-refractivity contribution >= 4 is 17.5 Å². The number of fused-ring (bicyclic) bond motifs is 7. The first kappa shape index (κ1) is 37.2. The number of esters is 2. The Morgan fingerprint density at radius 1 is 0.769 bits per heavy atom. The van der Waals surface area contributed by atoms with Gasteiger partial charge in [-0.15, -0.1) is 0 Å². The van der Waals surface area contributed by atoms with E-state index in [-0.39, 0.29) is 39.0 Å². The number of benzene rings is 2. The molecule has 0 bridgehead atoms. The van der Waals surface area contributed by atoms with Crippen LogP contribution in [-0.4, -0.2) is 24.1 Å². The lowest BCUT2D eigenvalue weighted by molar-refractivity contribution is -0.228. The van der Waals surface area contributed by atoms with E-state index in [2.05, 4.69) is 66.3 Å². The van der Waals surface area contributed by atoms with Crippen LogP contribution in [0.2, 0.25) is 0 Å². The third-order valence-electron chi connectivity index (χ3n) is 16.1. The van der Waals surface area contributed by atoms with Crippen molar-refractivity contribution in [3.05, 3.63) is 89.5 Å². The first-order valence-electron chi connectivity index (χ1n) is 20.3. The van der Waals surface area contributed by atoms with Crippen molar-refractivity contribution < 1.29 is 19.1 Å². The number of rotatable bonds is 6. The molecule has 0 amide bonds. The highest BCUT2D eigenvalue weighted by atomic mass is 16.6. The third kappa shape index (κ3) is 5.76. The summed E-state index contributed by atoms with van der Waals surface area (Å²) in [6.07, 6.45) is 13.3. The van der Waals surface area contributed by atoms with E-state index in [9.17, 15) is 9.59 Å². The SMILES string of the molecule is C=C(C)[C@@H]1CC[C@]2(COC(=O)c3ccccc3)CC[C@]3(C)[C@H](CC[C@@H]4[C@@]5(C)CC=C(c6ccc(C(=O)OC(C)(C)C)cc6)C(C)(C)[C@@H]5CC[C@]43C)[C@@H]12. The molecule has 0 unspecified atom stereocenters. The highest BCUT2D eigenvalue weighted by molar-refractivity contribution is 5.90. The van der Waals surface area contributed by atoms with Crippen LogP contribution in [-0.2, 0) is 9.47 Å². The zero-order valence-electron chi connectivity index (χ0n) is 33.6. The van der Waals surface area contributed by atoms with Gasteiger partial charge in [0.05, 0.1) is 17.7 Å². The highest BCUT2D eigenvalue weighted by Gasteiger charge is 2.70. The second kappa shape index (κ2) is 12.7. The van der Waals surface area contributed by atoms with Crippen LogP contribution in [0, 0.1) is 56.7 Å². The summed E-state index contributed by atoms with van der Waals surface area (Å²) in [5.41, 5.74) is 5.45. The van der Waals surface area contributed by atoms with Gasteiger partial charge in [0.2, 0.25) is 0 Å². The van der Waals surface area contributed by atoms with Gasteiger partial charge in [-0.1, -0.05) is 83.2 Å². The van der Waals surface area contributed by atoms with E-state index in [4.69, 9.17) is 9.47 Å². The van der Waals surface area contributed by atoms with Crippen LogP contribution < -0.4 is 0 Å². The number of allylic oxidation sites excluding steroid dienone is 3. The largest absolute Gasteiger partial charge is 0.461 e. The molecule has 52 heavy (non-hydrogen) atoms. The van der Waals surface area contributed by atoms with E-state index in [1.54, 1.807) is 0 Å². The normalized spacial score (nSPS) is 37.7. The molecule has 4 nitrogen and oxygen atoms in total. The van der Waals surface area contributed by atoms with Crippen molar-refractivity contribution in [2.24, 2.45) is 56.7 Å². The third-order valence-corrected chi connectivity index (χ3v) is 16.1. The minimum atomic E-state index is -0.513. The summed E-state index contributed by atoms with van der Waals surface area (Å²) in [6, 6.07) is 17.7. The van der Waals surface area contributed by atoms with Crippen LogP contribution >= 0.6 is 0 Å². The average molecular weight is 705 g/mol. The van der Waals surface area contributed by atoms with Gasteiger partial charge in [-0.25, -0.2) is 9.59 Å². The Morgan fingerprint density at radius 3 is 2.10 bits per heavy atom. The molecule has 0 N–H and O–H groups in total. The quantitative estimate of drug-likeness (QED) is 0.222. The number of carbonyl (C=O) groups excluding carboxylic acids is 2. The van der Waals surface area contributed by atoms with E-state index >= 15 is 0 Å². The van der Waals surface area contributed by atoms with Crippen LogP contribution in [0.4, 0.5) is 0 Å². The fraction of sp³-hybridized carbons (Fsp3) is 0.625. The predicted molar refractivity (Wildman–Crippen MR) is 211 cm³/mol. The van der Waals surface area contributed by atoms with Crippen molar-refractivity contribution in [3.8, 4) is 0 Å². The van der Waals surface area contributed by atoms with Crippen molar-refractivity contribution in [3.63, 3.8) is 0 Å². The van der Waals surface area contributed by atoms with Gasteiger partial charge < -0.3 is 9.47 Å². The minimum Gasteiger partial charge on any atom is -0.461 e. The summed E-state index contributed by atoms with van der Waals surface area (Å²) in [7, 11) is 0. The second-order valence-electron chi connectivity index (χ2n) is 20.1. The van der Waals surface area contributed by atoms with Gasteiger partial charge in [0.15, 0.2) is 0 Å². The summed E-state index contributed by atoms with van der Waals surface area (Å²) >= 11 is 0. The molecule has 0 aromatic heterocycles. The second-order valence-corrected chi connectivity index (χ2v) is 20.1. The van der Waals surface area contributed by atoms with Crippen molar-refractivity contribution in [1.82, 2.24) is 0 Å². The predicted octanol–water partition coefficient (Wildman–Crippen LogP) is 12.1. The molecule has 5 aliphatic rings. The zero-order chi connectivity index (χ0) is 37.5. The summed E-state index contributed by atoms with van der Waals surface area (Å²) in [4.78, 5) is 26.0. The van der Waals surface area contributed by atoms with Gasteiger partial charge in [-0.2, -0.15) is 0 Å². The maximum atomic E-state index is 13.2. The summed E-state index contributed by atoms with van der Waals surface area (Å²) in [5.74, 6) is 2.39. The van der Waals surface area contributed by atoms with Crippen LogP contribution in [0.25, 0.3) is 5.57 Å². The van der Waals surface area contributed by atoms with E-state index in [0.29, 0.717) is 47.3 Å². The number of hydrogen-bond donors (Lipinski definition) is 0. The number of hydrogen-bond acceptors (Lipinski definition) is 4. The van der Waals surface area contributed by atoms with Crippen LogP contribution in [0.3, 0.4) is 0 Å². The molecular formula is C48H64O4. The Morgan fingerprint density at radius 2 is 1.44 bits per heavy atom.